The fourth-order valence-corrected chi connectivity index (χ4v) is 4.31. The number of methoxy groups -OCH3 is 1. The number of amides is 2. The fraction of sp³-hybridized carbons (Fsp3) is 0.364. The number of ether oxygens (including phenoxy) is 1. The number of nitrogens with one attached hydrogen (secondary N) is 1. The molecule has 0 spiro atoms. The van der Waals surface area contributed by atoms with Gasteiger partial charge in [0.05, 0.1) is 45.4 Å². The van der Waals surface area contributed by atoms with Crippen LogP contribution >= 0.6 is 11.6 Å². The molecule has 29 heavy (non-hydrogen) atoms. The third-order valence-corrected chi connectivity index (χ3v) is 6.30. The van der Waals surface area contributed by atoms with Crippen molar-refractivity contribution in [2.75, 3.05) is 43.1 Å². The molecular weight excluding hydrogens is 390 g/mol. The highest BCUT2D eigenvalue weighted by molar-refractivity contribution is 6.32. The van der Waals surface area contributed by atoms with E-state index in [9.17, 15) is 9.59 Å². The van der Waals surface area contributed by atoms with E-state index >= 15 is 0 Å². The van der Waals surface area contributed by atoms with E-state index in [1.807, 2.05) is 25.1 Å². The second-order valence-electron chi connectivity index (χ2n) is 7.60. The molecule has 2 aliphatic heterocycles. The van der Waals surface area contributed by atoms with Gasteiger partial charge in [0, 0.05) is 10.7 Å². The summed E-state index contributed by atoms with van der Waals surface area (Å²) in [6.07, 6.45) is 0.252. The first-order valence-corrected chi connectivity index (χ1v) is 10.2. The maximum atomic E-state index is 13.0. The van der Waals surface area contributed by atoms with Crippen LogP contribution in [0.15, 0.2) is 42.5 Å². The van der Waals surface area contributed by atoms with Gasteiger partial charge in [-0.05, 0) is 48.9 Å². The number of hydrogen-bond donors (Lipinski definition) is 1. The van der Waals surface area contributed by atoms with Crippen LogP contribution in [0.2, 0.25) is 5.02 Å². The zero-order valence-electron chi connectivity index (χ0n) is 16.7. The van der Waals surface area contributed by atoms with E-state index in [0.717, 1.165) is 43.2 Å². The van der Waals surface area contributed by atoms with Gasteiger partial charge in [0.25, 0.3) is 5.91 Å². The molecule has 7 heteroatoms. The van der Waals surface area contributed by atoms with E-state index < -0.39 is 0 Å². The maximum Gasteiger partial charge on any atom is 0.292 e. The van der Waals surface area contributed by atoms with Crippen molar-refractivity contribution in [3.05, 3.63) is 53.1 Å². The third kappa shape index (κ3) is 3.82. The lowest BCUT2D eigenvalue weighted by Gasteiger charge is -2.35. The van der Waals surface area contributed by atoms with Crippen LogP contribution in [0.4, 0.5) is 11.4 Å². The summed E-state index contributed by atoms with van der Waals surface area (Å²) in [5, 5.41) is 0.562. The highest BCUT2D eigenvalue weighted by Gasteiger charge is 2.46. The van der Waals surface area contributed by atoms with Crippen LogP contribution in [0.3, 0.4) is 0 Å². The average Bonchev–Trinajstić information content (AvgIpc) is 3.04. The monoisotopic (exact) mass is 414 g/mol. The normalized spacial score (nSPS) is 20.4. The van der Waals surface area contributed by atoms with Crippen molar-refractivity contribution in [3.8, 4) is 5.75 Å². The summed E-state index contributed by atoms with van der Waals surface area (Å²) < 4.78 is 5.22. The van der Waals surface area contributed by atoms with Crippen LogP contribution in [-0.2, 0) is 9.59 Å². The molecule has 0 radical (unpaired) electrons. The number of nitrogens with zero attached hydrogens (tertiary/aromatic N) is 2. The number of quaternary nitrogens is 1. The summed E-state index contributed by atoms with van der Waals surface area (Å²) >= 11 is 6.20. The number of carbonyl (C=O) groups is 2. The minimum Gasteiger partial charge on any atom is -0.497 e. The van der Waals surface area contributed by atoms with Crippen LogP contribution in [0.25, 0.3) is 0 Å². The molecule has 0 saturated carbocycles. The lowest BCUT2D eigenvalue weighted by atomic mass is 10.1. The zero-order valence-corrected chi connectivity index (χ0v) is 17.4. The van der Waals surface area contributed by atoms with Crippen LogP contribution in [0, 0.1) is 6.92 Å². The Morgan fingerprint density at radius 1 is 1.03 bits per heavy atom. The molecule has 2 aromatic carbocycles. The molecule has 2 heterocycles. The van der Waals surface area contributed by atoms with Crippen LogP contribution in [0.1, 0.15) is 12.0 Å². The molecule has 0 aliphatic carbocycles. The highest BCUT2D eigenvalue weighted by atomic mass is 35.5. The number of benzene rings is 2. The Morgan fingerprint density at radius 3 is 2.31 bits per heavy atom. The second-order valence-corrected chi connectivity index (χ2v) is 8.01. The van der Waals surface area contributed by atoms with Crippen LogP contribution in [-0.4, -0.2) is 51.1 Å². The standard InChI is InChI=1S/C22H24ClN3O3/c1-15-3-4-17(13-19(15)23)26-21(27)14-20(22(26)28)25-11-9-24(10-12-25)16-5-7-18(29-2)8-6-16/h3-8,13,20H,9-12,14H2,1-2H3/p+1/t20-/m1/s1. The third-order valence-electron chi connectivity index (χ3n) is 5.90. The van der Waals surface area contributed by atoms with Crippen molar-refractivity contribution in [1.29, 1.82) is 0 Å². The summed E-state index contributed by atoms with van der Waals surface area (Å²) in [6.45, 7) is 5.22. The maximum absolute atomic E-state index is 13.0. The number of aryl methyl sites for hydroxylation is 1. The van der Waals surface area contributed by atoms with Gasteiger partial charge in [-0.2, -0.15) is 0 Å². The van der Waals surface area contributed by atoms with E-state index in [-0.39, 0.29) is 24.3 Å². The van der Waals surface area contributed by atoms with Gasteiger partial charge in [-0.15, -0.1) is 0 Å². The first-order chi connectivity index (χ1) is 14.0. The molecule has 0 unspecified atom stereocenters. The molecule has 0 aromatic heterocycles. The van der Waals surface area contributed by atoms with Gasteiger partial charge in [0.2, 0.25) is 5.91 Å². The molecule has 152 valence electrons. The molecule has 2 amide bonds. The smallest absolute Gasteiger partial charge is 0.292 e. The summed E-state index contributed by atoms with van der Waals surface area (Å²) in [4.78, 5) is 30.4. The molecular formula is C22H25ClN3O3+. The van der Waals surface area contributed by atoms with Gasteiger partial charge in [-0.1, -0.05) is 17.7 Å². The Bertz CT molecular complexity index is 923. The van der Waals surface area contributed by atoms with E-state index in [1.165, 1.54) is 9.80 Å². The van der Waals surface area contributed by atoms with Gasteiger partial charge in [-0.25, -0.2) is 4.90 Å². The average molecular weight is 415 g/mol. The van der Waals surface area contributed by atoms with Crippen LogP contribution < -0.4 is 19.4 Å². The Balaban J connectivity index is 1.42. The van der Waals surface area contributed by atoms with E-state index in [4.69, 9.17) is 16.3 Å². The molecule has 0 bridgehead atoms. The molecule has 1 N–H and O–H groups in total. The van der Waals surface area contributed by atoms with E-state index in [0.29, 0.717) is 10.7 Å². The summed E-state index contributed by atoms with van der Waals surface area (Å²) in [6, 6.07) is 13.0. The molecule has 2 saturated heterocycles. The number of hydrogen-bond acceptors (Lipinski definition) is 4. The minimum absolute atomic E-state index is 0.122. The van der Waals surface area contributed by atoms with Crippen molar-refractivity contribution in [3.63, 3.8) is 0 Å². The Kier molecular flexibility index (Phi) is 5.48. The molecule has 1 atom stereocenters. The number of anilines is 2. The summed E-state index contributed by atoms with van der Waals surface area (Å²) in [7, 11) is 1.66. The number of carbonyl (C=O) groups excluding carboxylic acids is 2. The highest BCUT2D eigenvalue weighted by Crippen LogP contribution is 2.27. The second kappa shape index (κ2) is 8.05. The zero-order chi connectivity index (χ0) is 20.5. The molecule has 6 nitrogen and oxygen atoms in total. The van der Waals surface area contributed by atoms with E-state index in [1.54, 1.807) is 19.2 Å². The fourth-order valence-electron chi connectivity index (χ4n) is 4.14. The van der Waals surface area contributed by atoms with Crippen molar-refractivity contribution >= 4 is 34.8 Å². The molecule has 4 rings (SSSR count). The van der Waals surface area contributed by atoms with Gasteiger partial charge >= 0.3 is 0 Å². The largest absolute Gasteiger partial charge is 0.497 e. The first kappa shape index (κ1) is 19.7. The predicted molar refractivity (Wildman–Crippen MR) is 113 cm³/mol. The topological polar surface area (TPSA) is 54.3 Å². The number of imide groups is 1. The Morgan fingerprint density at radius 2 is 1.69 bits per heavy atom. The number of rotatable bonds is 4. The summed E-state index contributed by atoms with van der Waals surface area (Å²) in [5.74, 6) is 0.567. The lowest BCUT2D eigenvalue weighted by Crippen LogP contribution is -3.19. The van der Waals surface area contributed by atoms with Gasteiger partial charge < -0.3 is 14.5 Å². The van der Waals surface area contributed by atoms with Crippen molar-refractivity contribution < 1.29 is 19.2 Å². The summed E-state index contributed by atoms with van der Waals surface area (Å²) in [5.41, 5.74) is 2.63. The predicted octanol–water partition coefficient (Wildman–Crippen LogP) is 1.69. The quantitative estimate of drug-likeness (QED) is 0.774. The SMILES string of the molecule is COc1ccc(N2CC[NH+]([C@@H]3CC(=O)N(c4ccc(C)c(Cl)c4)C3=O)CC2)cc1. The first-order valence-electron chi connectivity index (χ1n) is 9.84. The van der Waals surface area contributed by atoms with Gasteiger partial charge in [0.15, 0.2) is 6.04 Å². The van der Waals surface area contributed by atoms with Gasteiger partial charge in [0.1, 0.15) is 5.75 Å². The number of piperazine rings is 1. The Labute approximate surface area is 175 Å². The molecule has 2 aliphatic rings. The van der Waals surface area contributed by atoms with E-state index in [2.05, 4.69) is 17.0 Å². The minimum atomic E-state index is -0.319. The van der Waals surface area contributed by atoms with Crippen LogP contribution in [0.5, 0.6) is 5.75 Å². The number of halogens is 1. The van der Waals surface area contributed by atoms with Crippen molar-refractivity contribution in [2.45, 2.75) is 19.4 Å². The molecule has 2 aromatic rings. The Hall–Kier alpha value is -2.57. The van der Waals surface area contributed by atoms with Crippen molar-refractivity contribution in [1.82, 2.24) is 0 Å². The van der Waals surface area contributed by atoms with Gasteiger partial charge in [-0.3, -0.25) is 9.59 Å². The lowest BCUT2D eigenvalue weighted by molar-refractivity contribution is -0.915. The van der Waals surface area contributed by atoms with Crippen molar-refractivity contribution in [2.24, 2.45) is 0 Å². The molecule has 2 fully saturated rings.